The molecule has 2 aromatic rings. The van der Waals surface area contributed by atoms with Crippen molar-refractivity contribution < 1.29 is 27.0 Å². The van der Waals surface area contributed by atoms with Crippen LogP contribution in [0.25, 0.3) is 0 Å². The molecular formula is C22H29ClN3O3-. The number of rotatable bonds is 6. The number of ether oxygens (including phenoxy) is 2. The highest BCUT2D eigenvalue weighted by atomic mass is 35.5. The predicted octanol–water partition coefficient (Wildman–Crippen LogP) is -0.639. The van der Waals surface area contributed by atoms with Gasteiger partial charge in [0.2, 0.25) is 0 Å². The molecule has 2 aliphatic heterocycles. The first kappa shape index (κ1) is 21.7. The van der Waals surface area contributed by atoms with Crippen molar-refractivity contribution in [2.75, 3.05) is 44.2 Å². The van der Waals surface area contributed by atoms with Gasteiger partial charge in [-0.15, -0.1) is 0 Å². The van der Waals surface area contributed by atoms with Crippen molar-refractivity contribution in [1.82, 2.24) is 9.88 Å². The first-order chi connectivity index (χ1) is 13.5. The Morgan fingerprint density at radius 3 is 2.66 bits per heavy atom. The lowest BCUT2D eigenvalue weighted by molar-refractivity contribution is -0.0000115. The number of β-amino-alcohol motifs (C(OH)–C–C–N with tert-alkyl or cyclic N) is 1. The third-order valence-corrected chi connectivity index (χ3v) is 5.30. The molecule has 1 aromatic heterocycles. The van der Waals surface area contributed by atoms with Gasteiger partial charge in [-0.25, -0.2) is 4.98 Å². The standard InChI is InChI=1S/C22H29N3O3.ClH/c1-22(2)14-17-6-5-7-19(21(17)28-22)27-16-18(26)15-24-10-12-25(13-11-24)20-8-3-4-9-23-20;/h3-9,18,26H,10-16H2,1-2H3;1H/p-1. The van der Waals surface area contributed by atoms with Crippen molar-refractivity contribution in [3.05, 3.63) is 48.2 Å². The fraction of sp³-hybridized carbons (Fsp3) is 0.500. The highest BCUT2D eigenvalue weighted by molar-refractivity contribution is 5.50. The van der Waals surface area contributed by atoms with Gasteiger partial charge in [-0.2, -0.15) is 0 Å². The highest BCUT2D eigenvalue weighted by Crippen LogP contribution is 2.41. The Hall–Kier alpha value is -2.02. The van der Waals surface area contributed by atoms with E-state index in [1.807, 2.05) is 36.5 Å². The molecule has 2 aliphatic rings. The maximum Gasteiger partial charge on any atom is 0.165 e. The molecule has 0 radical (unpaired) electrons. The number of aliphatic hydroxyl groups is 1. The number of hydrogen-bond donors (Lipinski definition) is 1. The number of aliphatic hydroxyl groups excluding tert-OH is 1. The lowest BCUT2D eigenvalue weighted by atomic mass is 10.0. The summed E-state index contributed by atoms with van der Waals surface area (Å²) in [5.74, 6) is 2.57. The molecule has 0 spiro atoms. The summed E-state index contributed by atoms with van der Waals surface area (Å²) in [6.07, 6.45) is 2.17. The molecule has 4 rings (SSSR count). The van der Waals surface area contributed by atoms with E-state index in [1.54, 1.807) is 0 Å². The lowest BCUT2D eigenvalue weighted by Crippen LogP contribution is -3.00. The van der Waals surface area contributed by atoms with E-state index in [9.17, 15) is 5.11 Å². The van der Waals surface area contributed by atoms with Gasteiger partial charge in [0.05, 0.1) is 0 Å². The van der Waals surface area contributed by atoms with Crippen molar-refractivity contribution in [3.63, 3.8) is 0 Å². The van der Waals surface area contributed by atoms with Gasteiger partial charge in [0.15, 0.2) is 11.5 Å². The predicted molar refractivity (Wildman–Crippen MR) is 109 cm³/mol. The second-order valence-electron chi connectivity index (χ2n) is 8.22. The number of benzene rings is 1. The normalized spacial score (nSPS) is 19.1. The minimum Gasteiger partial charge on any atom is -1.00 e. The molecule has 0 amide bonds. The fourth-order valence-electron chi connectivity index (χ4n) is 3.94. The van der Waals surface area contributed by atoms with E-state index in [0.717, 1.165) is 49.9 Å². The number of fused-ring (bicyclic) bond motifs is 1. The number of anilines is 1. The average Bonchev–Trinajstić information content (AvgIpc) is 3.02. The Morgan fingerprint density at radius 1 is 1.14 bits per heavy atom. The van der Waals surface area contributed by atoms with E-state index in [-0.39, 0.29) is 24.6 Å². The number of hydrogen-bond acceptors (Lipinski definition) is 6. The summed E-state index contributed by atoms with van der Waals surface area (Å²) in [6, 6.07) is 12.0. The van der Waals surface area contributed by atoms with E-state index >= 15 is 0 Å². The van der Waals surface area contributed by atoms with Gasteiger partial charge in [-0.1, -0.05) is 18.2 Å². The molecule has 1 atom stereocenters. The highest BCUT2D eigenvalue weighted by Gasteiger charge is 2.32. The Kier molecular flexibility index (Phi) is 6.88. The molecule has 1 N–H and O–H groups in total. The molecule has 29 heavy (non-hydrogen) atoms. The molecule has 1 aromatic carbocycles. The Morgan fingerprint density at radius 2 is 1.93 bits per heavy atom. The van der Waals surface area contributed by atoms with Gasteiger partial charge in [-0.3, -0.25) is 4.90 Å². The van der Waals surface area contributed by atoms with Crippen molar-refractivity contribution >= 4 is 5.82 Å². The van der Waals surface area contributed by atoms with E-state index in [4.69, 9.17) is 9.47 Å². The third kappa shape index (κ3) is 5.32. The summed E-state index contributed by atoms with van der Waals surface area (Å²) >= 11 is 0. The molecule has 1 fully saturated rings. The van der Waals surface area contributed by atoms with Gasteiger partial charge < -0.3 is 31.9 Å². The molecule has 6 nitrogen and oxygen atoms in total. The summed E-state index contributed by atoms with van der Waals surface area (Å²) in [5.41, 5.74) is 0.968. The largest absolute Gasteiger partial charge is 1.00 e. The maximum atomic E-state index is 10.5. The van der Waals surface area contributed by atoms with Gasteiger partial charge in [0.25, 0.3) is 0 Å². The molecule has 3 heterocycles. The summed E-state index contributed by atoms with van der Waals surface area (Å²) in [5, 5.41) is 10.5. The minimum absolute atomic E-state index is 0. The SMILES string of the molecule is CC1(C)Cc2cccc(OCC(O)CN3CCN(c4ccccn4)CC3)c2O1.[Cl-]. The minimum atomic E-state index is -0.535. The van der Waals surface area contributed by atoms with Crippen molar-refractivity contribution in [2.24, 2.45) is 0 Å². The Labute approximate surface area is 178 Å². The number of piperazine rings is 1. The number of nitrogens with zero attached hydrogens (tertiary/aromatic N) is 3. The Balaban J connectivity index is 0.00000240. The maximum absolute atomic E-state index is 10.5. The van der Waals surface area contributed by atoms with Crippen LogP contribution < -0.4 is 26.8 Å². The molecule has 7 heteroatoms. The number of pyridine rings is 1. The molecule has 1 unspecified atom stereocenters. The van der Waals surface area contributed by atoms with Crippen LogP contribution in [-0.4, -0.2) is 66.0 Å². The van der Waals surface area contributed by atoms with Crippen LogP contribution in [-0.2, 0) is 6.42 Å². The first-order valence-corrected chi connectivity index (χ1v) is 10.0. The van der Waals surface area contributed by atoms with E-state index in [0.29, 0.717) is 6.54 Å². The van der Waals surface area contributed by atoms with Crippen LogP contribution in [0.1, 0.15) is 19.4 Å². The molecule has 0 saturated carbocycles. The zero-order valence-electron chi connectivity index (χ0n) is 17.1. The smallest absolute Gasteiger partial charge is 0.165 e. The first-order valence-electron chi connectivity index (χ1n) is 10.0. The molecular weight excluding hydrogens is 390 g/mol. The van der Waals surface area contributed by atoms with Crippen LogP contribution in [0, 0.1) is 0 Å². The Bertz CT molecular complexity index is 795. The number of halogens is 1. The van der Waals surface area contributed by atoms with E-state index < -0.39 is 6.10 Å². The van der Waals surface area contributed by atoms with Crippen molar-refractivity contribution in [1.29, 1.82) is 0 Å². The van der Waals surface area contributed by atoms with E-state index in [1.165, 1.54) is 5.56 Å². The second kappa shape index (κ2) is 9.20. The van der Waals surface area contributed by atoms with Crippen LogP contribution in [0.2, 0.25) is 0 Å². The second-order valence-corrected chi connectivity index (χ2v) is 8.22. The zero-order chi connectivity index (χ0) is 19.6. The summed E-state index contributed by atoms with van der Waals surface area (Å²) < 4.78 is 11.9. The van der Waals surface area contributed by atoms with Crippen LogP contribution in [0.15, 0.2) is 42.6 Å². The average molecular weight is 419 g/mol. The van der Waals surface area contributed by atoms with Crippen molar-refractivity contribution in [2.45, 2.75) is 32.0 Å². The summed E-state index contributed by atoms with van der Waals surface area (Å²) in [4.78, 5) is 8.98. The zero-order valence-corrected chi connectivity index (χ0v) is 17.8. The number of aromatic nitrogens is 1. The van der Waals surface area contributed by atoms with Crippen LogP contribution in [0.4, 0.5) is 5.82 Å². The summed E-state index contributed by atoms with van der Waals surface area (Å²) in [7, 11) is 0. The van der Waals surface area contributed by atoms with Crippen molar-refractivity contribution in [3.8, 4) is 11.5 Å². The van der Waals surface area contributed by atoms with Gasteiger partial charge in [0.1, 0.15) is 24.1 Å². The molecule has 0 bridgehead atoms. The summed E-state index contributed by atoms with van der Waals surface area (Å²) in [6.45, 7) is 8.68. The van der Waals surface area contributed by atoms with Gasteiger partial charge in [-0.05, 0) is 32.0 Å². The lowest BCUT2D eigenvalue weighted by Gasteiger charge is -2.36. The van der Waals surface area contributed by atoms with Crippen LogP contribution in [0.3, 0.4) is 0 Å². The van der Waals surface area contributed by atoms with Crippen LogP contribution in [0.5, 0.6) is 11.5 Å². The molecule has 1 saturated heterocycles. The molecule has 158 valence electrons. The van der Waals surface area contributed by atoms with Gasteiger partial charge >= 0.3 is 0 Å². The monoisotopic (exact) mass is 418 g/mol. The van der Waals surface area contributed by atoms with Crippen LogP contribution >= 0.6 is 0 Å². The fourth-order valence-corrected chi connectivity index (χ4v) is 3.94. The van der Waals surface area contributed by atoms with E-state index in [2.05, 4.69) is 34.7 Å². The van der Waals surface area contributed by atoms with Gasteiger partial charge in [0, 0.05) is 50.9 Å². The third-order valence-electron chi connectivity index (χ3n) is 5.30. The number of para-hydroxylation sites is 1. The topological polar surface area (TPSA) is 58.1 Å². The molecule has 0 aliphatic carbocycles. The quantitative estimate of drug-likeness (QED) is 0.673.